The van der Waals surface area contributed by atoms with Gasteiger partial charge in [-0.25, -0.2) is 0 Å². The summed E-state index contributed by atoms with van der Waals surface area (Å²) in [6.45, 7) is 7.83. The average molecular weight is 201 g/mol. The van der Waals surface area contributed by atoms with Gasteiger partial charge in [0.15, 0.2) is 0 Å². The molecule has 0 aliphatic rings. The summed E-state index contributed by atoms with van der Waals surface area (Å²) in [5, 5.41) is 9.15. The van der Waals surface area contributed by atoms with Crippen molar-refractivity contribution in [3.8, 4) is 0 Å². The van der Waals surface area contributed by atoms with Crippen molar-refractivity contribution in [2.45, 2.75) is 40.2 Å². The van der Waals surface area contributed by atoms with Crippen molar-refractivity contribution in [3.63, 3.8) is 0 Å². The average Bonchev–Trinajstić information content (AvgIpc) is 1.98. The highest BCUT2D eigenvalue weighted by molar-refractivity contribution is 5.74. The zero-order valence-corrected chi connectivity index (χ0v) is 10.2. The molecule has 1 unspecified atom stereocenters. The molecule has 0 rings (SSSR count). The van der Waals surface area contributed by atoms with E-state index in [4.69, 9.17) is 5.11 Å². The van der Waals surface area contributed by atoms with E-state index in [0.29, 0.717) is 5.92 Å². The predicted octanol–water partition coefficient (Wildman–Crippen LogP) is 2.07. The molecule has 1 atom stereocenters. The van der Waals surface area contributed by atoms with Crippen molar-refractivity contribution in [2.75, 3.05) is 14.1 Å². The number of carboxylic acid groups (broad SMARTS) is 1. The Kier molecular flexibility index (Phi) is 4.59. The summed E-state index contributed by atoms with van der Waals surface area (Å²) in [5.41, 5.74) is -0.687. The van der Waals surface area contributed by atoms with Crippen LogP contribution in [-0.2, 0) is 4.79 Å². The van der Waals surface area contributed by atoms with Gasteiger partial charge in [0, 0.05) is 6.04 Å². The van der Waals surface area contributed by atoms with Crippen LogP contribution < -0.4 is 0 Å². The van der Waals surface area contributed by atoms with Gasteiger partial charge in [0.1, 0.15) is 0 Å². The smallest absolute Gasteiger partial charge is 0.310 e. The first-order valence-electron chi connectivity index (χ1n) is 5.09. The van der Waals surface area contributed by atoms with Crippen LogP contribution in [0.25, 0.3) is 0 Å². The van der Waals surface area contributed by atoms with E-state index < -0.39 is 11.4 Å². The zero-order valence-electron chi connectivity index (χ0n) is 10.2. The lowest BCUT2D eigenvalue weighted by Gasteiger charge is -2.36. The molecule has 0 aromatic rings. The number of carboxylic acids is 1. The van der Waals surface area contributed by atoms with Crippen molar-refractivity contribution in [2.24, 2.45) is 11.3 Å². The fraction of sp³-hybridized carbons (Fsp3) is 0.909. The summed E-state index contributed by atoms with van der Waals surface area (Å²) in [7, 11) is 3.88. The molecule has 0 heterocycles. The molecule has 0 saturated heterocycles. The standard InChI is InChI=1S/C11H23NO2/c1-8(2)7-9(12(5)6)11(3,4)10(13)14/h8-9H,7H2,1-6H3,(H,13,14). The molecule has 14 heavy (non-hydrogen) atoms. The second-order valence-corrected chi connectivity index (χ2v) is 5.14. The quantitative estimate of drug-likeness (QED) is 0.740. The van der Waals surface area contributed by atoms with Crippen molar-refractivity contribution in [1.29, 1.82) is 0 Å². The third kappa shape index (κ3) is 3.29. The van der Waals surface area contributed by atoms with Gasteiger partial charge in [-0.2, -0.15) is 0 Å². The maximum Gasteiger partial charge on any atom is 0.310 e. The first kappa shape index (κ1) is 13.4. The lowest BCUT2D eigenvalue weighted by molar-refractivity contribution is -0.150. The van der Waals surface area contributed by atoms with Gasteiger partial charge < -0.3 is 10.0 Å². The summed E-state index contributed by atoms with van der Waals surface area (Å²) in [4.78, 5) is 13.1. The summed E-state index contributed by atoms with van der Waals surface area (Å²) in [6.07, 6.45) is 0.909. The third-order valence-electron chi connectivity index (χ3n) is 2.70. The molecule has 0 aromatic carbocycles. The van der Waals surface area contributed by atoms with Crippen molar-refractivity contribution in [3.05, 3.63) is 0 Å². The maximum atomic E-state index is 11.1. The number of aliphatic carboxylic acids is 1. The van der Waals surface area contributed by atoms with E-state index in [9.17, 15) is 4.79 Å². The third-order valence-corrected chi connectivity index (χ3v) is 2.70. The van der Waals surface area contributed by atoms with Gasteiger partial charge in [-0.05, 0) is 40.3 Å². The van der Waals surface area contributed by atoms with Gasteiger partial charge >= 0.3 is 5.97 Å². The molecule has 0 amide bonds. The Bertz CT molecular complexity index is 197. The molecule has 0 spiro atoms. The van der Waals surface area contributed by atoms with Crippen LogP contribution in [0.15, 0.2) is 0 Å². The molecule has 0 fully saturated rings. The minimum atomic E-state index is -0.725. The molecule has 1 N–H and O–H groups in total. The molecule has 0 saturated carbocycles. The van der Waals surface area contributed by atoms with Gasteiger partial charge in [-0.1, -0.05) is 13.8 Å². The molecule has 3 nitrogen and oxygen atoms in total. The Morgan fingerprint density at radius 2 is 1.79 bits per heavy atom. The number of rotatable bonds is 5. The molecule has 84 valence electrons. The fourth-order valence-electron chi connectivity index (χ4n) is 1.74. The van der Waals surface area contributed by atoms with Gasteiger partial charge in [0.05, 0.1) is 5.41 Å². The monoisotopic (exact) mass is 201 g/mol. The van der Waals surface area contributed by atoms with E-state index in [1.165, 1.54) is 0 Å². The fourth-order valence-corrected chi connectivity index (χ4v) is 1.74. The van der Waals surface area contributed by atoms with Crippen molar-refractivity contribution >= 4 is 5.97 Å². The molecular weight excluding hydrogens is 178 g/mol. The minimum absolute atomic E-state index is 0.0833. The Hall–Kier alpha value is -0.570. The van der Waals surface area contributed by atoms with E-state index in [0.717, 1.165) is 6.42 Å². The van der Waals surface area contributed by atoms with Crippen LogP contribution in [-0.4, -0.2) is 36.1 Å². The van der Waals surface area contributed by atoms with E-state index in [2.05, 4.69) is 13.8 Å². The topological polar surface area (TPSA) is 40.5 Å². The van der Waals surface area contributed by atoms with Gasteiger partial charge in [0.2, 0.25) is 0 Å². The normalized spacial score (nSPS) is 14.9. The second kappa shape index (κ2) is 4.78. The highest BCUT2D eigenvalue weighted by Crippen LogP contribution is 2.28. The second-order valence-electron chi connectivity index (χ2n) is 5.14. The highest BCUT2D eigenvalue weighted by Gasteiger charge is 2.38. The van der Waals surface area contributed by atoms with Gasteiger partial charge in [-0.15, -0.1) is 0 Å². The van der Waals surface area contributed by atoms with Crippen molar-refractivity contribution < 1.29 is 9.90 Å². The van der Waals surface area contributed by atoms with Crippen LogP contribution in [0.1, 0.15) is 34.1 Å². The predicted molar refractivity (Wildman–Crippen MR) is 58.3 cm³/mol. The van der Waals surface area contributed by atoms with Crippen molar-refractivity contribution in [1.82, 2.24) is 4.90 Å². The Morgan fingerprint density at radius 3 is 2.00 bits per heavy atom. The lowest BCUT2D eigenvalue weighted by atomic mass is 9.79. The Labute approximate surface area is 87.1 Å². The number of nitrogens with zero attached hydrogens (tertiary/aromatic N) is 1. The van der Waals surface area contributed by atoms with Gasteiger partial charge in [0.25, 0.3) is 0 Å². The first-order chi connectivity index (χ1) is 6.19. The number of hydrogen-bond acceptors (Lipinski definition) is 2. The highest BCUT2D eigenvalue weighted by atomic mass is 16.4. The number of hydrogen-bond donors (Lipinski definition) is 1. The van der Waals surface area contributed by atoms with Crippen LogP contribution in [0.2, 0.25) is 0 Å². The van der Waals surface area contributed by atoms with Crippen LogP contribution in [0, 0.1) is 11.3 Å². The van der Waals surface area contributed by atoms with Crippen LogP contribution in [0.5, 0.6) is 0 Å². The van der Waals surface area contributed by atoms with E-state index in [1.807, 2.05) is 19.0 Å². The summed E-state index contributed by atoms with van der Waals surface area (Å²) in [6, 6.07) is 0.0833. The summed E-state index contributed by atoms with van der Waals surface area (Å²) < 4.78 is 0. The van der Waals surface area contributed by atoms with E-state index >= 15 is 0 Å². The van der Waals surface area contributed by atoms with Crippen LogP contribution >= 0.6 is 0 Å². The minimum Gasteiger partial charge on any atom is -0.481 e. The Balaban J connectivity index is 4.72. The first-order valence-corrected chi connectivity index (χ1v) is 5.09. The Morgan fingerprint density at radius 1 is 1.36 bits per heavy atom. The lowest BCUT2D eigenvalue weighted by Crippen LogP contribution is -2.46. The van der Waals surface area contributed by atoms with E-state index in [-0.39, 0.29) is 6.04 Å². The molecule has 0 bridgehead atoms. The number of carbonyl (C=O) groups is 1. The summed E-state index contributed by atoms with van der Waals surface area (Å²) in [5.74, 6) is -0.210. The summed E-state index contributed by atoms with van der Waals surface area (Å²) >= 11 is 0. The zero-order chi connectivity index (χ0) is 11.5. The molecular formula is C11H23NO2. The molecule has 0 aliphatic carbocycles. The molecule has 0 aliphatic heterocycles. The molecule has 0 aromatic heterocycles. The van der Waals surface area contributed by atoms with Gasteiger partial charge in [-0.3, -0.25) is 4.79 Å². The SMILES string of the molecule is CC(C)CC(N(C)C)C(C)(C)C(=O)O. The maximum absolute atomic E-state index is 11.1. The molecule has 0 radical (unpaired) electrons. The largest absolute Gasteiger partial charge is 0.481 e. The van der Waals surface area contributed by atoms with Crippen LogP contribution in [0.4, 0.5) is 0 Å². The molecule has 3 heteroatoms. The van der Waals surface area contributed by atoms with Crippen LogP contribution in [0.3, 0.4) is 0 Å². The van der Waals surface area contributed by atoms with E-state index in [1.54, 1.807) is 13.8 Å².